The number of benzene rings is 1. The summed E-state index contributed by atoms with van der Waals surface area (Å²) < 4.78 is 13.3. The number of rotatable bonds is 2. The summed E-state index contributed by atoms with van der Waals surface area (Å²) in [5, 5.41) is 12.9. The van der Waals surface area contributed by atoms with Crippen molar-refractivity contribution in [3.8, 4) is 0 Å². The van der Waals surface area contributed by atoms with Crippen molar-refractivity contribution in [2.45, 2.75) is 19.9 Å². The highest BCUT2D eigenvalue weighted by atomic mass is 35.5. The Hall–Kier alpha value is -1.92. The van der Waals surface area contributed by atoms with Gasteiger partial charge in [-0.2, -0.15) is 5.10 Å². The van der Waals surface area contributed by atoms with Crippen LogP contribution in [-0.4, -0.2) is 22.6 Å². The van der Waals surface area contributed by atoms with E-state index >= 15 is 0 Å². The van der Waals surface area contributed by atoms with Gasteiger partial charge in [0.15, 0.2) is 5.69 Å². The normalized spacial score (nSPS) is 13.2. The Kier molecular flexibility index (Phi) is 4.59. The number of aromatic amines is 1. The van der Waals surface area contributed by atoms with Crippen molar-refractivity contribution in [1.29, 1.82) is 0 Å². The van der Waals surface area contributed by atoms with Crippen molar-refractivity contribution in [3.05, 3.63) is 46.5 Å². The topological polar surface area (TPSA) is 69.8 Å². The molecular weight excluding hydrogens is 295 g/mol. The summed E-state index contributed by atoms with van der Waals surface area (Å²) in [7, 11) is 0. The summed E-state index contributed by atoms with van der Waals surface area (Å²) in [6.07, 6.45) is 0.828. The van der Waals surface area contributed by atoms with E-state index in [9.17, 15) is 9.18 Å². The summed E-state index contributed by atoms with van der Waals surface area (Å²) in [6, 6.07) is 4.43. The third kappa shape index (κ3) is 3.22. The molecule has 7 heteroatoms. The second-order valence-corrected chi connectivity index (χ2v) is 4.93. The highest BCUT2D eigenvalue weighted by Crippen LogP contribution is 2.18. The highest BCUT2D eigenvalue weighted by Gasteiger charge is 2.21. The summed E-state index contributed by atoms with van der Waals surface area (Å²) in [6.45, 7) is 3.27. The van der Waals surface area contributed by atoms with Crippen LogP contribution >= 0.6 is 12.4 Å². The van der Waals surface area contributed by atoms with Gasteiger partial charge in [-0.3, -0.25) is 9.89 Å². The molecule has 0 spiro atoms. The van der Waals surface area contributed by atoms with Gasteiger partial charge in [0.25, 0.3) is 5.91 Å². The number of fused-ring (bicyclic) bond motifs is 1. The summed E-state index contributed by atoms with van der Waals surface area (Å²) in [4.78, 5) is 12.2. The Bertz CT molecular complexity index is 651. The van der Waals surface area contributed by atoms with Crippen LogP contribution in [0.5, 0.6) is 0 Å². The maximum absolute atomic E-state index is 13.3. The van der Waals surface area contributed by atoms with Gasteiger partial charge in [0.2, 0.25) is 0 Å². The summed E-state index contributed by atoms with van der Waals surface area (Å²) in [5.41, 5.74) is 3.44. The smallest absolute Gasteiger partial charge is 0.276 e. The van der Waals surface area contributed by atoms with E-state index in [1.165, 1.54) is 12.1 Å². The van der Waals surface area contributed by atoms with E-state index < -0.39 is 0 Å². The van der Waals surface area contributed by atoms with E-state index in [2.05, 4.69) is 20.8 Å². The van der Waals surface area contributed by atoms with Gasteiger partial charge in [-0.1, -0.05) is 0 Å². The fraction of sp³-hybridized carbons (Fsp3) is 0.286. The fourth-order valence-corrected chi connectivity index (χ4v) is 2.41. The zero-order valence-corrected chi connectivity index (χ0v) is 12.3. The van der Waals surface area contributed by atoms with Gasteiger partial charge >= 0.3 is 0 Å². The number of aryl methyl sites for hydroxylation is 1. The molecule has 5 nitrogen and oxygen atoms in total. The van der Waals surface area contributed by atoms with Crippen molar-refractivity contribution in [2.75, 3.05) is 11.9 Å². The van der Waals surface area contributed by atoms with Crippen molar-refractivity contribution in [3.63, 3.8) is 0 Å². The summed E-state index contributed by atoms with van der Waals surface area (Å²) >= 11 is 0. The molecule has 112 valence electrons. The SMILES string of the molecule is Cc1cc(F)cc(NC(=O)c2n[nH]c3c2CNCC3)c1.Cl. The first-order chi connectivity index (χ1) is 9.63. The van der Waals surface area contributed by atoms with Gasteiger partial charge in [0.05, 0.1) is 0 Å². The van der Waals surface area contributed by atoms with Crippen molar-refractivity contribution >= 4 is 24.0 Å². The molecule has 0 aliphatic carbocycles. The minimum Gasteiger partial charge on any atom is -0.320 e. The second-order valence-electron chi connectivity index (χ2n) is 4.93. The minimum absolute atomic E-state index is 0. The number of amides is 1. The molecule has 0 unspecified atom stereocenters. The number of carbonyl (C=O) groups is 1. The van der Waals surface area contributed by atoms with Crippen LogP contribution < -0.4 is 10.6 Å². The lowest BCUT2D eigenvalue weighted by molar-refractivity contribution is 0.102. The van der Waals surface area contributed by atoms with Crippen LogP contribution in [0.25, 0.3) is 0 Å². The van der Waals surface area contributed by atoms with Crippen LogP contribution in [0.15, 0.2) is 18.2 Å². The largest absolute Gasteiger partial charge is 0.320 e. The van der Waals surface area contributed by atoms with Crippen LogP contribution in [0.3, 0.4) is 0 Å². The third-order valence-corrected chi connectivity index (χ3v) is 3.32. The second kappa shape index (κ2) is 6.24. The molecule has 0 radical (unpaired) electrons. The molecule has 1 aliphatic heterocycles. The molecule has 1 amide bonds. The third-order valence-electron chi connectivity index (χ3n) is 3.32. The maximum Gasteiger partial charge on any atom is 0.276 e. The summed E-state index contributed by atoms with van der Waals surface area (Å²) in [5.74, 6) is -0.692. The quantitative estimate of drug-likeness (QED) is 0.796. The van der Waals surface area contributed by atoms with E-state index in [1.807, 2.05) is 0 Å². The molecule has 0 atom stereocenters. The molecule has 3 N–H and O–H groups in total. The predicted molar refractivity (Wildman–Crippen MR) is 80.3 cm³/mol. The van der Waals surface area contributed by atoms with Gasteiger partial charge in [0, 0.05) is 36.5 Å². The van der Waals surface area contributed by atoms with Crippen LogP contribution in [0, 0.1) is 12.7 Å². The first kappa shape index (κ1) is 15.5. The van der Waals surface area contributed by atoms with Crippen LogP contribution in [0.1, 0.15) is 27.3 Å². The standard InChI is InChI=1S/C14H15FN4O.ClH/c1-8-4-9(15)6-10(5-8)17-14(20)13-11-7-16-3-2-12(11)18-19-13;/h4-6,16H,2-3,7H2,1H3,(H,17,20)(H,18,19);1H. The highest BCUT2D eigenvalue weighted by molar-refractivity contribution is 6.04. The molecule has 1 aromatic carbocycles. The Labute approximate surface area is 127 Å². The molecule has 2 aromatic rings. The molecule has 0 saturated carbocycles. The van der Waals surface area contributed by atoms with Crippen molar-refractivity contribution in [2.24, 2.45) is 0 Å². The van der Waals surface area contributed by atoms with Crippen molar-refractivity contribution in [1.82, 2.24) is 15.5 Å². The number of nitrogens with one attached hydrogen (secondary N) is 3. The number of anilines is 1. The molecule has 0 bridgehead atoms. The molecule has 1 aromatic heterocycles. The van der Waals surface area contributed by atoms with E-state index in [4.69, 9.17) is 0 Å². The van der Waals surface area contributed by atoms with Crippen LogP contribution in [-0.2, 0) is 13.0 Å². The number of halogens is 2. The Balaban J connectivity index is 0.00000161. The Morgan fingerprint density at radius 3 is 2.95 bits per heavy atom. The van der Waals surface area contributed by atoms with E-state index in [-0.39, 0.29) is 24.1 Å². The average Bonchev–Trinajstić information content (AvgIpc) is 2.81. The number of hydrogen-bond acceptors (Lipinski definition) is 3. The first-order valence-electron chi connectivity index (χ1n) is 6.49. The zero-order chi connectivity index (χ0) is 14.1. The number of hydrogen-bond donors (Lipinski definition) is 3. The molecular formula is C14H16ClFN4O. The molecule has 1 aliphatic rings. The number of nitrogens with zero attached hydrogens (tertiary/aromatic N) is 1. The van der Waals surface area contributed by atoms with E-state index in [0.29, 0.717) is 17.9 Å². The van der Waals surface area contributed by atoms with E-state index in [1.54, 1.807) is 13.0 Å². The Morgan fingerprint density at radius 2 is 2.19 bits per heavy atom. The predicted octanol–water partition coefficient (Wildman–Crippen LogP) is 2.18. The first-order valence-corrected chi connectivity index (χ1v) is 6.49. The van der Waals surface area contributed by atoms with Crippen molar-refractivity contribution < 1.29 is 9.18 Å². The molecule has 3 rings (SSSR count). The lowest BCUT2D eigenvalue weighted by Gasteiger charge is -2.13. The maximum atomic E-state index is 13.3. The van der Waals surface area contributed by atoms with E-state index in [0.717, 1.165) is 29.8 Å². The lowest BCUT2D eigenvalue weighted by atomic mass is 10.1. The monoisotopic (exact) mass is 310 g/mol. The molecule has 21 heavy (non-hydrogen) atoms. The van der Waals surface area contributed by atoms with Gasteiger partial charge < -0.3 is 10.6 Å². The van der Waals surface area contributed by atoms with Gasteiger partial charge in [-0.25, -0.2) is 4.39 Å². The van der Waals surface area contributed by atoms with Crippen LogP contribution in [0.2, 0.25) is 0 Å². The molecule has 0 saturated heterocycles. The number of aromatic nitrogens is 2. The van der Waals surface area contributed by atoms with Gasteiger partial charge in [-0.15, -0.1) is 12.4 Å². The average molecular weight is 311 g/mol. The minimum atomic E-state index is -0.369. The Morgan fingerprint density at radius 1 is 1.38 bits per heavy atom. The molecule has 0 fully saturated rings. The van der Waals surface area contributed by atoms with Gasteiger partial charge in [-0.05, 0) is 30.7 Å². The van der Waals surface area contributed by atoms with Crippen LogP contribution in [0.4, 0.5) is 10.1 Å². The fourth-order valence-electron chi connectivity index (χ4n) is 2.41. The molecule has 2 heterocycles. The van der Waals surface area contributed by atoms with Gasteiger partial charge in [0.1, 0.15) is 5.82 Å². The number of H-pyrrole nitrogens is 1. The zero-order valence-electron chi connectivity index (χ0n) is 11.5. The lowest BCUT2D eigenvalue weighted by Crippen LogP contribution is -2.25. The number of carbonyl (C=O) groups excluding carboxylic acids is 1.